The van der Waals surface area contributed by atoms with Gasteiger partial charge in [0.25, 0.3) is 5.91 Å². The molecule has 0 saturated heterocycles. The highest BCUT2D eigenvalue weighted by Gasteiger charge is 2.20. The molecule has 2 aromatic rings. The number of aryl methyl sites for hydroxylation is 1. The maximum Gasteiger partial charge on any atom is 0.340 e. The number of methoxy groups -OCH3 is 1. The summed E-state index contributed by atoms with van der Waals surface area (Å²) in [5.74, 6) is 0.397. The van der Waals surface area contributed by atoms with Gasteiger partial charge in [-0.2, -0.15) is 0 Å². The van der Waals surface area contributed by atoms with Crippen LogP contribution in [0.25, 0.3) is 0 Å². The molecule has 0 saturated carbocycles. The Morgan fingerprint density at radius 3 is 2.81 bits per heavy atom. The number of nitrogens with one attached hydrogen (secondary N) is 1. The molecular formula is C18H22N2O5S. The van der Waals surface area contributed by atoms with Crippen LogP contribution in [0.2, 0.25) is 0 Å². The Balaban J connectivity index is 1.96. The molecule has 0 aliphatic carbocycles. The molecule has 7 nitrogen and oxygen atoms in total. The van der Waals surface area contributed by atoms with Crippen molar-refractivity contribution in [2.75, 3.05) is 20.3 Å². The van der Waals surface area contributed by atoms with E-state index in [9.17, 15) is 9.59 Å². The van der Waals surface area contributed by atoms with Crippen LogP contribution in [0.15, 0.2) is 39.8 Å². The Morgan fingerprint density at radius 1 is 1.35 bits per heavy atom. The van der Waals surface area contributed by atoms with Crippen LogP contribution < -0.4 is 5.32 Å². The maximum atomic E-state index is 12.5. The van der Waals surface area contributed by atoms with Crippen LogP contribution in [-0.4, -0.2) is 43.4 Å². The first kappa shape index (κ1) is 20.0. The molecule has 0 fully saturated rings. The molecule has 1 atom stereocenters. The van der Waals surface area contributed by atoms with E-state index in [1.807, 2.05) is 25.1 Å². The van der Waals surface area contributed by atoms with Gasteiger partial charge in [-0.15, -0.1) is 11.8 Å². The van der Waals surface area contributed by atoms with Crippen molar-refractivity contribution in [2.45, 2.75) is 30.6 Å². The predicted octanol–water partition coefficient (Wildman–Crippen LogP) is 2.58. The quantitative estimate of drug-likeness (QED) is 0.407. The number of hydrogen-bond donors (Lipinski definition) is 1. The molecule has 1 aromatic carbocycles. The summed E-state index contributed by atoms with van der Waals surface area (Å²) in [5.41, 5.74) is 1.20. The van der Waals surface area contributed by atoms with E-state index in [1.165, 1.54) is 18.7 Å². The molecule has 2 rings (SSSR count). The second-order valence-corrected chi connectivity index (χ2v) is 6.56. The van der Waals surface area contributed by atoms with Gasteiger partial charge in [-0.25, -0.2) is 4.79 Å². The average molecular weight is 378 g/mol. The molecule has 1 amide bonds. The zero-order chi connectivity index (χ0) is 18.9. The normalized spacial score (nSPS) is 11.8. The number of thioether (sulfide) groups is 1. The summed E-state index contributed by atoms with van der Waals surface area (Å²) in [6, 6.07) is 8.95. The molecule has 0 spiro atoms. The number of aromatic nitrogens is 1. The summed E-state index contributed by atoms with van der Waals surface area (Å²) in [6.45, 7) is 4.12. The van der Waals surface area contributed by atoms with E-state index in [-0.39, 0.29) is 5.91 Å². The number of hydrogen-bond acceptors (Lipinski definition) is 7. The third kappa shape index (κ3) is 5.89. The molecular weight excluding hydrogens is 356 g/mol. The van der Waals surface area contributed by atoms with Crippen LogP contribution >= 0.6 is 11.8 Å². The molecule has 1 heterocycles. The lowest BCUT2D eigenvalue weighted by atomic mass is 10.2. The minimum atomic E-state index is -0.893. The number of rotatable bonds is 9. The molecule has 1 aromatic heterocycles. The summed E-state index contributed by atoms with van der Waals surface area (Å²) in [7, 11) is 1.55. The van der Waals surface area contributed by atoms with Crippen LogP contribution in [0.1, 0.15) is 28.7 Å². The van der Waals surface area contributed by atoms with E-state index < -0.39 is 12.1 Å². The molecule has 0 aliphatic rings. The SMILES string of the molecule is COCCNC(=O)[C@H](C)OC(=O)c1ccccc1SCc1cc(C)on1. The number of carbonyl (C=O) groups excluding carboxylic acids is 2. The standard InChI is InChI=1S/C18H22N2O5S/c1-12-10-14(20-25-12)11-26-16-7-5-4-6-15(16)18(22)24-13(2)17(21)19-8-9-23-3/h4-7,10,13H,8-9,11H2,1-3H3,(H,19,21)/t13-/m0/s1. The minimum Gasteiger partial charge on any atom is -0.449 e. The van der Waals surface area contributed by atoms with Gasteiger partial charge < -0.3 is 19.3 Å². The summed E-state index contributed by atoms with van der Waals surface area (Å²) < 4.78 is 15.2. The largest absolute Gasteiger partial charge is 0.449 e. The minimum absolute atomic E-state index is 0.362. The third-order valence-electron chi connectivity index (χ3n) is 3.42. The van der Waals surface area contributed by atoms with Gasteiger partial charge in [0.15, 0.2) is 6.10 Å². The number of amides is 1. The molecule has 0 bridgehead atoms. The first-order valence-electron chi connectivity index (χ1n) is 8.13. The van der Waals surface area contributed by atoms with E-state index in [2.05, 4.69) is 10.5 Å². The van der Waals surface area contributed by atoms with Crippen LogP contribution in [0.4, 0.5) is 0 Å². The van der Waals surface area contributed by atoms with Crippen molar-refractivity contribution in [3.8, 4) is 0 Å². The van der Waals surface area contributed by atoms with E-state index in [0.29, 0.717) is 24.5 Å². The topological polar surface area (TPSA) is 90.7 Å². The van der Waals surface area contributed by atoms with Gasteiger partial charge in [-0.1, -0.05) is 17.3 Å². The lowest BCUT2D eigenvalue weighted by Gasteiger charge is -2.14. The summed E-state index contributed by atoms with van der Waals surface area (Å²) >= 11 is 1.45. The fourth-order valence-corrected chi connectivity index (χ4v) is 3.02. The number of benzene rings is 1. The van der Waals surface area contributed by atoms with Crippen molar-refractivity contribution >= 4 is 23.6 Å². The van der Waals surface area contributed by atoms with Crippen LogP contribution in [0.5, 0.6) is 0 Å². The lowest BCUT2D eigenvalue weighted by Crippen LogP contribution is -2.37. The molecule has 0 radical (unpaired) electrons. The first-order chi connectivity index (χ1) is 12.5. The van der Waals surface area contributed by atoms with Gasteiger partial charge in [0.1, 0.15) is 5.76 Å². The van der Waals surface area contributed by atoms with Gasteiger partial charge >= 0.3 is 5.97 Å². The predicted molar refractivity (Wildman–Crippen MR) is 97.0 cm³/mol. The van der Waals surface area contributed by atoms with Gasteiger partial charge in [0, 0.05) is 30.4 Å². The molecule has 140 valence electrons. The van der Waals surface area contributed by atoms with Crippen molar-refractivity contribution in [3.63, 3.8) is 0 Å². The number of esters is 1. The lowest BCUT2D eigenvalue weighted by molar-refractivity contribution is -0.129. The molecule has 0 unspecified atom stereocenters. The van der Waals surface area contributed by atoms with E-state index in [1.54, 1.807) is 19.2 Å². The van der Waals surface area contributed by atoms with Crippen molar-refractivity contribution in [2.24, 2.45) is 0 Å². The van der Waals surface area contributed by atoms with Crippen molar-refractivity contribution in [1.82, 2.24) is 10.5 Å². The van der Waals surface area contributed by atoms with Crippen LogP contribution in [0, 0.1) is 6.92 Å². The van der Waals surface area contributed by atoms with Crippen molar-refractivity contribution in [1.29, 1.82) is 0 Å². The van der Waals surface area contributed by atoms with Crippen LogP contribution in [0.3, 0.4) is 0 Å². The van der Waals surface area contributed by atoms with Gasteiger partial charge in [-0.05, 0) is 26.0 Å². The van der Waals surface area contributed by atoms with Gasteiger partial charge in [-0.3, -0.25) is 4.79 Å². The highest BCUT2D eigenvalue weighted by Crippen LogP contribution is 2.27. The monoisotopic (exact) mass is 378 g/mol. The Labute approximate surface area is 156 Å². The smallest absolute Gasteiger partial charge is 0.340 e. The maximum absolute atomic E-state index is 12.5. The van der Waals surface area contributed by atoms with Gasteiger partial charge in [0.05, 0.1) is 17.9 Å². The zero-order valence-corrected chi connectivity index (χ0v) is 15.8. The third-order valence-corrected chi connectivity index (χ3v) is 4.52. The fourth-order valence-electron chi connectivity index (χ4n) is 2.10. The zero-order valence-electron chi connectivity index (χ0n) is 15.0. The first-order valence-corrected chi connectivity index (χ1v) is 9.11. The number of ether oxygens (including phenoxy) is 2. The van der Waals surface area contributed by atoms with E-state index in [0.717, 1.165) is 16.3 Å². The Bertz CT molecular complexity index is 747. The number of carbonyl (C=O) groups is 2. The second-order valence-electron chi connectivity index (χ2n) is 5.55. The van der Waals surface area contributed by atoms with E-state index >= 15 is 0 Å². The summed E-state index contributed by atoms with van der Waals surface area (Å²) in [4.78, 5) is 25.1. The van der Waals surface area contributed by atoms with Crippen molar-refractivity contribution in [3.05, 3.63) is 47.3 Å². The second kappa shape index (κ2) is 9.98. The fraction of sp³-hybridized carbons (Fsp3) is 0.389. The molecule has 8 heteroatoms. The Kier molecular flexibility index (Phi) is 7.68. The summed E-state index contributed by atoms with van der Waals surface area (Å²) in [5, 5.41) is 6.58. The molecule has 0 aliphatic heterocycles. The molecule has 1 N–H and O–H groups in total. The number of nitrogens with zero attached hydrogens (tertiary/aromatic N) is 1. The van der Waals surface area contributed by atoms with Crippen molar-refractivity contribution < 1.29 is 23.6 Å². The van der Waals surface area contributed by atoms with E-state index in [4.69, 9.17) is 14.0 Å². The average Bonchev–Trinajstić information content (AvgIpc) is 3.05. The van der Waals surface area contributed by atoms with Gasteiger partial charge in [0.2, 0.25) is 0 Å². The Morgan fingerprint density at radius 2 is 2.12 bits per heavy atom. The molecule has 26 heavy (non-hydrogen) atoms. The van der Waals surface area contributed by atoms with Crippen LogP contribution in [-0.2, 0) is 20.0 Å². The Hall–Kier alpha value is -2.32. The highest BCUT2D eigenvalue weighted by atomic mass is 32.2. The highest BCUT2D eigenvalue weighted by molar-refractivity contribution is 7.98. The summed E-state index contributed by atoms with van der Waals surface area (Å²) in [6.07, 6.45) is -0.893.